The number of thiazole rings is 1. The quantitative estimate of drug-likeness (QED) is 0.578. The van der Waals surface area contributed by atoms with Crippen molar-refractivity contribution in [2.24, 2.45) is 0 Å². The molecule has 6 heteroatoms. The number of amides is 1. The van der Waals surface area contributed by atoms with Gasteiger partial charge >= 0.3 is 0 Å². The smallest absolute Gasteiger partial charge is 0.274 e. The van der Waals surface area contributed by atoms with Crippen molar-refractivity contribution in [1.29, 1.82) is 0 Å². The van der Waals surface area contributed by atoms with Gasteiger partial charge < -0.3 is 5.32 Å². The fourth-order valence-corrected chi connectivity index (χ4v) is 3.75. The predicted molar refractivity (Wildman–Crippen MR) is 103 cm³/mol. The second-order valence-electron chi connectivity index (χ2n) is 6.47. The zero-order valence-corrected chi connectivity index (χ0v) is 14.7. The molecule has 0 atom stereocenters. The lowest BCUT2D eigenvalue weighted by Crippen LogP contribution is -2.16. The molecule has 0 aliphatic heterocycles. The molecule has 0 saturated heterocycles. The summed E-state index contributed by atoms with van der Waals surface area (Å²) in [5.74, 6) is 0.331. The van der Waals surface area contributed by atoms with E-state index in [1.807, 2.05) is 60.1 Å². The Kier molecular flexibility index (Phi) is 3.57. The number of nitrogens with zero attached hydrogens (tertiary/aromatic N) is 3. The van der Waals surface area contributed by atoms with Crippen molar-refractivity contribution in [1.82, 2.24) is 14.8 Å². The predicted octanol–water partition coefficient (Wildman–Crippen LogP) is 4.61. The van der Waals surface area contributed by atoms with Crippen LogP contribution in [0.5, 0.6) is 0 Å². The summed E-state index contributed by atoms with van der Waals surface area (Å²) >= 11 is 1.56. The van der Waals surface area contributed by atoms with E-state index < -0.39 is 0 Å². The summed E-state index contributed by atoms with van der Waals surface area (Å²) in [7, 11) is 0. The minimum Gasteiger partial charge on any atom is -0.321 e. The Morgan fingerprint density at radius 3 is 2.77 bits per heavy atom. The zero-order chi connectivity index (χ0) is 17.5. The molecule has 4 aromatic rings. The zero-order valence-electron chi connectivity index (χ0n) is 13.9. The highest BCUT2D eigenvalue weighted by Crippen LogP contribution is 2.39. The van der Waals surface area contributed by atoms with Crippen molar-refractivity contribution in [3.63, 3.8) is 0 Å². The standard InChI is InChI=1S/C20H16N4OS/c25-20(22-14-8-9-16-19(10-14)26-12-21-16)18-11-17(13-6-7-13)23-24(18)15-4-2-1-3-5-15/h1-5,8-13H,6-7H2,(H,22,25). The number of aromatic nitrogens is 3. The second kappa shape index (κ2) is 6.07. The third kappa shape index (κ3) is 2.78. The Morgan fingerprint density at radius 1 is 1.12 bits per heavy atom. The van der Waals surface area contributed by atoms with Crippen LogP contribution in [0.25, 0.3) is 15.9 Å². The monoisotopic (exact) mass is 360 g/mol. The molecule has 0 bridgehead atoms. The molecule has 2 aromatic heterocycles. The Morgan fingerprint density at radius 2 is 1.96 bits per heavy atom. The van der Waals surface area contributed by atoms with Gasteiger partial charge in [0.2, 0.25) is 0 Å². The Labute approximate surface area is 154 Å². The molecule has 128 valence electrons. The van der Waals surface area contributed by atoms with E-state index in [0.717, 1.165) is 40.1 Å². The number of hydrogen-bond acceptors (Lipinski definition) is 4. The van der Waals surface area contributed by atoms with Gasteiger partial charge in [-0.25, -0.2) is 9.67 Å². The topological polar surface area (TPSA) is 59.8 Å². The highest BCUT2D eigenvalue weighted by Gasteiger charge is 2.29. The first kappa shape index (κ1) is 15.3. The van der Waals surface area contributed by atoms with E-state index in [2.05, 4.69) is 10.3 Å². The minimum absolute atomic E-state index is 0.155. The van der Waals surface area contributed by atoms with Crippen LogP contribution in [0.15, 0.2) is 60.1 Å². The number of benzene rings is 2. The normalized spacial score (nSPS) is 13.8. The van der Waals surface area contributed by atoms with Gasteiger partial charge in [0.05, 0.1) is 27.1 Å². The first-order valence-corrected chi connectivity index (χ1v) is 9.46. The van der Waals surface area contributed by atoms with Crippen LogP contribution >= 0.6 is 11.3 Å². The van der Waals surface area contributed by atoms with E-state index in [4.69, 9.17) is 5.10 Å². The highest BCUT2D eigenvalue weighted by molar-refractivity contribution is 7.16. The SMILES string of the molecule is O=C(Nc1ccc2ncsc2c1)c1cc(C2CC2)nn1-c1ccccc1. The second-order valence-corrected chi connectivity index (χ2v) is 7.35. The third-order valence-corrected chi connectivity index (χ3v) is 5.34. The van der Waals surface area contributed by atoms with Gasteiger partial charge in [0.25, 0.3) is 5.91 Å². The molecule has 1 saturated carbocycles. The van der Waals surface area contributed by atoms with Gasteiger partial charge in [0, 0.05) is 11.6 Å². The molecule has 0 radical (unpaired) electrons. The van der Waals surface area contributed by atoms with Crippen LogP contribution in [-0.4, -0.2) is 20.7 Å². The molecule has 26 heavy (non-hydrogen) atoms. The number of para-hydroxylation sites is 1. The minimum atomic E-state index is -0.155. The van der Waals surface area contributed by atoms with Crippen molar-refractivity contribution in [3.8, 4) is 5.69 Å². The maximum Gasteiger partial charge on any atom is 0.274 e. The number of carbonyl (C=O) groups excluding carboxylic acids is 1. The fraction of sp³-hybridized carbons (Fsp3) is 0.150. The Hall–Kier alpha value is -2.99. The van der Waals surface area contributed by atoms with Gasteiger partial charge in [-0.1, -0.05) is 18.2 Å². The van der Waals surface area contributed by atoms with Gasteiger partial charge in [-0.3, -0.25) is 4.79 Å². The number of rotatable bonds is 4. The molecule has 1 N–H and O–H groups in total. The molecule has 0 spiro atoms. The molecular formula is C20H16N4OS. The average molecular weight is 360 g/mol. The number of nitrogens with one attached hydrogen (secondary N) is 1. The van der Waals surface area contributed by atoms with Gasteiger partial charge in [-0.2, -0.15) is 5.10 Å². The number of carbonyl (C=O) groups is 1. The molecule has 5 rings (SSSR count). The molecule has 2 aromatic carbocycles. The van der Waals surface area contributed by atoms with Gasteiger partial charge in [-0.05, 0) is 49.2 Å². The highest BCUT2D eigenvalue weighted by atomic mass is 32.1. The van der Waals surface area contributed by atoms with Crippen LogP contribution in [-0.2, 0) is 0 Å². The van der Waals surface area contributed by atoms with Crippen molar-refractivity contribution in [2.75, 3.05) is 5.32 Å². The van der Waals surface area contributed by atoms with Crippen molar-refractivity contribution >= 4 is 33.1 Å². The summed E-state index contributed by atoms with van der Waals surface area (Å²) in [5, 5.41) is 7.70. The van der Waals surface area contributed by atoms with Crippen LogP contribution in [0.2, 0.25) is 0 Å². The van der Waals surface area contributed by atoms with Crippen LogP contribution in [0.1, 0.15) is 34.9 Å². The fourth-order valence-electron chi connectivity index (χ4n) is 3.03. The van der Waals surface area contributed by atoms with E-state index in [0.29, 0.717) is 11.6 Å². The van der Waals surface area contributed by atoms with Crippen LogP contribution in [0, 0.1) is 0 Å². The largest absolute Gasteiger partial charge is 0.321 e. The molecular weight excluding hydrogens is 344 g/mol. The molecule has 5 nitrogen and oxygen atoms in total. The molecule has 1 fully saturated rings. The maximum absolute atomic E-state index is 13.0. The van der Waals surface area contributed by atoms with Gasteiger partial charge in [0.1, 0.15) is 5.69 Å². The molecule has 2 heterocycles. The average Bonchev–Trinajstić information content (AvgIpc) is 3.25. The first-order valence-electron chi connectivity index (χ1n) is 8.58. The summed E-state index contributed by atoms with van der Waals surface area (Å²) in [4.78, 5) is 17.2. The molecule has 1 aliphatic rings. The first-order chi connectivity index (χ1) is 12.8. The lowest BCUT2D eigenvalue weighted by atomic mass is 10.2. The number of fused-ring (bicyclic) bond motifs is 1. The Balaban J connectivity index is 1.50. The summed E-state index contributed by atoms with van der Waals surface area (Å²) in [6.07, 6.45) is 2.30. The van der Waals surface area contributed by atoms with Crippen LogP contribution in [0.3, 0.4) is 0 Å². The lowest BCUT2D eigenvalue weighted by molar-refractivity contribution is 0.101. The molecule has 1 aliphatic carbocycles. The lowest BCUT2D eigenvalue weighted by Gasteiger charge is -2.08. The summed E-state index contributed by atoms with van der Waals surface area (Å²) in [6, 6.07) is 17.5. The molecule has 0 unspecified atom stereocenters. The number of anilines is 1. The van der Waals surface area contributed by atoms with Crippen molar-refractivity contribution in [3.05, 3.63) is 71.5 Å². The van der Waals surface area contributed by atoms with Gasteiger partial charge in [-0.15, -0.1) is 11.3 Å². The van der Waals surface area contributed by atoms with E-state index in [1.54, 1.807) is 16.0 Å². The van der Waals surface area contributed by atoms with Crippen molar-refractivity contribution < 1.29 is 4.79 Å². The summed E-state index contributed by atoms with van der Waals surface area (Å²) < 4.78 is 2.80. The Bertz CT molecular complexity index is 1100. The van der Waals surface area contributed by atoms with Crippen molar-refractivity contribution in [2.45, 2.75) is 18.8 Å². The van der Waals surface area contributed by atoms with E-state index in [1.165, 1.54) is 0 Å². The third-order valence-electron chi connectivity index (χ3n) is 4.55. The molecule has 1 amide bonds. The van der Waals surface area contributed by atoms with E-state index in [9.17, 15) is 4.79 Å². The summed E-state index contributed by atoms with van der Waals surface area (Å²) in [6.45, 7) is 0. The number of hydrogen-bond donors (Lipinski definition) is 1. The van der Waals surface area contributed by atoms with E-state index in [-0.39, 0.29) is 5.91 Å². The van der Waals surface area contributed by atoms with Crippen LogP contribution in [0.4, 0.5) is 5.69 Å². The van der Waals surface area contributed by atoms with Crippen LogP contribution < -0.4 is 5.32 Å². The maximum atomic E-state index is 13.0. The summed E-state index contributed by atoms with van der Waals surface area (Å²) in [5.41, 5.74) is 5.96. The van der Waals surface area contributed by atoms with E-state index >= 15 is 0 Å². The van der Waals surface area contributed by atoms with Gasteiger partial charge in [0.15, 0.2) is 0 Å².